The third kappa shape index (κ3) is 6.72. The monoisotopic (exact) mass is 265 g/mol. The van der Waals surface area contributed by atoms with E-state index in [-0.39, 0.29) is 24.2 Å². The number of amides is 1. The Morgan fingerprint density at radius 3 is 3.00 bits per heavy atom. The van der Waals surface area contributed by atoms with Crippen molar-refractivity contribution in [2.75, 3.05) is 13.2 Å². The van der Waals surface area contributed by atoms with Crippen molar-refractivity contribution >= 4 is 12.0 Å². The van der Waals surface area contributed by atoms with E-state index in [1.54, 1.807) is 18.2 Å². The molecule has 0 spiro atoms. The molecule has 2 N–H and O–H groups in total. The zero-order valence-electron chi connectivity index (χ0n) is 11.1. The van der Waals surface area contributed by atoms with Crippen LogP contribution in [0, 0.1) is 11.7 Å². The SMILES string of the molecule is CC(CO)CCCNC(=O)/C=C/c1cccc(F)c1. The molecule has 0 saturated heterocycles. The van der Waals surface area contributed by atoms with Gasteiger partial charge in [0.25, 0.3) is 0 Å². The van der Waals surface area contributed by atoms with Gasteiger partial charge in [0.15, 0.2) is 0 Å². The number of aliphatic hydroxyl groups is 1. The molecule has 0 saturated carbocycles. The number of benzene rings is 1. The topological polar surface area (TPSA) is 49.3 Å². The van der Waals surface area contributed by atoms with Crippen LogP contribution in [-0.2, 0) is 4.79 Å². The molecule has 0 aliphatic carbocycles. The molecule has 4 heteroatoms. The van der Waals surface area contributed by atoms with Gasteiger partial charge in [-0.2, -0.15) is 0 Å². The zero-order chi connectivity index (χ0) is 14.1. The van der Waals surface area contributed by atoms with Crippen LogP contribution >= 0.6 is 0 Å². The maximum atomic E-state index is 12.9. The Bertz CT molecular complexity index is 432. The number of rotatable bonds is 7. The molecule has 0 fully saturated rings. The maximum Gasteiger partial charge on any atom is 0.243 e. The van der Waals surface area contributed by atoms with Crippen LogP contribution in [0.25, 0.3) is 6.08 Å². The number of carbonyl (C=O) groups is 1. The van der Waals surface area contributed by atoms with Gasteiger partial charge >= 0.3 is 0 Å². The van der Waals surface area contributed by atoms with Crippen molar-refractivity contribution in [3.8, 4) is 0 Å². The Labute approximate surface area is 113 Å². The molecule has 1 aromatic rings. The summed E-state index contributed by atoms with van der Waals surface area (Å²) < 4.78 is 12.9. The largest absolute Gasteiger partial charge is 0.396 e. The van der Waals surface area contributed by atoms with E-state index >= 15 is 0 Å². The second-order valence-corrected chi connectivity index (χ2v) is 4.61. The molecular formula is C15H20FNO2. The number of carbonyl (C=O) groups excluding carboxylic acids is 1. The second kappa shape index (κ2) is 8.43. The third-order valence-corrected chi connectivity index (χ3v) is 2.76. The first kappa shape index (κ1) is 15.4. The molecule has 1 atom stereocenters. The molecule has 1 unspecified atom stereocenters. The average molecular weight is 265 g/mol. The van der Waals surface area contributed by atoms with Gasteiger partial charge in [-0.1, -0.05) is 19.1 Å². The summed E-state index contributed by atoms with van der Waals surface area (Å²) in [5.41, 5.74) is 0.657. The average Bonchev–Trinajstić information content (AvgIpc) is 2.41. The summed E-state index contributed by atoms with van der Waals surface area (Å²) in [6.45, 7) is 2.72. The lowest BCUT2D eigenvalue weighted by molar-refractivity contribution is -0.116. The highest BCUT2D eigenvalue weighted by Gasteiger charge is 2.00. The van der Waals surface area contributed by atoms with Crippen molar-refractivity contribution in [2.24, 2.45) is 5.92 Å². The van der Waals surface area contributed by atoms with Crippen LogP contribution in [0.3, 0.4) is 0 Å². The summed E-state index contributed by atoms with van der Waals surface area (Å²) in [6, 6.07) is 6.06. The molecule has 19 heavy (non-hydrogen) atoms. The first-order chi connectivity index (χ1) is 9.11. The fourth-order valence-electron chi connectivity index (χ4n) is 1.59. The zero-order valence-corrected chi connectivity index (χ0v) is 11.1. The summed E-state index contributed by atoms with van der Waals surface area (Å²) in [5, 5.41) is 11.6. The second-order valence-electron chi connectivity index (χ2n) is 4.61. The Kier molecular flexibility index (Phi) is 6.82. The molecule has 0 radical (unpaired) electrons. The number of nitrogens with one attached hydrogen (secondary N) is 1. The summed E-state index contributed by atoms with van der Waals surface area (Å²) in [6.07, 6.45) is 4.69. The van der Waals surface area contributed by atoms with Crippen molar-refractivity contribution in [1.82, 2.24) is 5.32 Å². The Balaban J connectivity index is 2.27. The number of hydrogen-bond donors (Lipinski definition) is 2. The highest BCUT2D eigenvalue weighted by Crippen LogP contribution is 2.05. The minimum absolute atomic E-state index is 0.174. The van der Waals surface area contributed by atoms with Crippen molar-refractivity contribution in [3.05, 3.63) is 41.7 Å². The van der Waals surface area contributed by atoms with E-state index in [1.165, 1.54) is 18.2 Å². The summed E-state index contributed by atoms with van der Waals surface area (Å²) >= 11 is 0. The van der Waals surface area contributed by atoms with E-state index in [0.29, 0.717) is 12.1 Å². The molecule has 104 valence electrons. The van der Waals surface area contributed by atoms with Crippen LogP contribution in [0.4, 0.5) is 4.39 Å². The summed E-state index contributed by atoms with van der Waals surface area (Å²) in [5.74, 6) is -0.249. The normalized spacial score (nSPS) is 12.6. The molecule has 1 amide bonds. The molecule has 3 nitrogen and oxygen atoms in total. The number of aliphatic hydroxyl groups excluding tert-OH is 1. The fraction of sp³-hybridized carbons (Fsp3) is 0.400. The van der Waals surface area contributed by atoms with Crippen LogP contribution in [0.5, 0.6) is 0 Å². The van der Waals surface area contributed by atoms with Gasteiger partial charge in [0.05, 0.1) is 0 Å². The molecule has 0 aromatic heterocycles. The van der Waals surface area contributed by atoms with Crippen molar-refractivity contribution in [1.29, 1.82) is 0 Å². The lowest BCUT2D eigenvalue weighted by Gasteiger charge is -2.07. The molecule has 1 rings (SSSR count). The fourth-order valence-corrected chi connectivity index (χ4v) is 1.59. The minimum Gasteiger partial charge on any atom is -0.396 e. The number of halogens is 1. The van der Waals surface area contributed by atoms with E-state index in [0.717, 1.165) is 12.8 Å². The first-order valence-electron chi connectivity index (χ1n) is 6.44. The van der Waals surface area contributed by atoms with Crippen LogP contribution in [-0.4, -0.2) is 24.2 Å². The quantitative estimate of drug-likeness (QED) is 0.587. The highest BCUT2D eigenvalue weighted by atomic mass is 19.1. The maximum absolute atomic E-state index is 12.9. The molecule has 0 aliphatic heterocycles. The summed E-state index contributed by atoms with van der Waals surface area (Å²) in [7, 11) is 0. The summed E-state index contributed by atoms with van der Waals surface area (Å²) in [4.78, 5) is 11.5. The molecular weight excluding hydrogens is 245 g/mol. The first-order valence-corrected chi connectivity index (χ1v) is 6.44. The smallest absolute Gasteiger partial charge is 0.243 e. The van der Waals surface area contributed by atoms with Crippen molar-refractivity contribution in [3.63, 3.8) is 0 Å². The van der Waals surface area contributed by atoms with E-state index in [1.807, 2.05) is 6.92 Å². The Morgan fingerprint density at radius 1 is 1.53 bits per heavy atom. The molecule has 1 aromatic carbocycles. The lowest BCUT2D eigenvalue weighted by Crippen LogP contribution is -2.22. The van der Waals surface area contributed by atoms with Gasteiger partial charge in [0, 0.05) is 19.2 Å². The van der Waals surface area contributed by atoms with Crippen molar-refractivity contribution in [2.45, 2.75) is 19.8 Å². The van der Waals surface area contributed by atoms with Gasteiger partial charge in [-0.05, 0) is 42.5 Å². The van der Waals surface area contributed by atoms with Gasteiger partial charge in [-0.15, -0.1) is 0 Å². The van der Waals surface area contributed by atoms with Gasteiger partial charge in [0.2, 0.25) is 5.91 Å². The number of hydrogen-bond acceptors (Lipinski definition) is 2. The molecule has 0 heterocycles. The predicted octanol–water partition coefficient (Wildman–Crippen LogP) is 2.36. The van der Waals surface area contributed by atoms with Gasteiger partial charge in [0.1, 0.15) is 5.82 Å². The van der Waals surface area contributed by atoms with Gasteiger partial charge in [-0.25, -0.2) is 4.39 Å². The van der Waals surface area contributed by atoms with E-state index < -0.39 is 0 Å². The van der Waals surface area contributed by atoms with Crippen LogP contribution in [0.2, 0.25) is 0 Å². The minimum atomic E-state index is -0.319. The van der Waals surface area contributed by atoms with E-state index in [2.05, 4.69) is 5.32 Å². The molecule has 0 bridgehead atoms. The van der Waals surface area contributed by atoms with E-state index in [9.17, 15) is 9.18 Å². The predicted molar refractivity (Wildman–Crippen MR) is 73.9 cm³/mol. The van der Waals surface area contributed by atoms with Crippen LogP contribution < -0.4 is 5.32 Å². The third-order valence-electron chi connectivity index (χ3n) is 2.76. The van der Waals surface area contributed by atoms with Gasteiger partial charge in [-0.3, -0.25) is 4.79 Å². The van der Waals surface area contributed by atoms with Crippen molar-refractivity contribution < 1.29 is 14.3 Å². The van der Waals surface area contributed by atoms with Gasteiger partial charge < -0.3 is 10.4 Å². The Hall–Kier alpha value is -1.68. The standard InChI is InChI=1S/C15H20FNO2/c1-12(11-18)4-3-9-17-15(19)8-7-13-5-2-6-14(16)10-13/h2,5-8,10,12,18H,3-4,9,11H2,1H3,(H,17,19)/b8-7+. The Morgan fingerprint density at radius 2 is 2.32 bits per heavy atom. The lowest BCUT2D eigenvalue weighted by atomic mass is 10.1. The highest BCUT2D eigenvalue weighted by molar-refractivity contribution is 5.91. The van der Waals surface area contributed by atoms with Crippen LogP contribution in [0.15, 0.2) is 30.3 Å². The van der Waals surface area contributed by atoms with Crippen LogP contribution in [0.1, 0.15) is 25.3 Å². The van der Waals surface area contributed by atoms with E-state index in [4.69, 9.17) is 5.11 Å². The molecule has 0 aliphatic rings.